The van der Waals surface area contributed by atoms with E-state index in [1.807, 2.05) is 20.8 Å². The molecule has 0 atom stereocenters. The third-order valence-corrected chi connectivity index (χ3v) is 11.8. The summed E-state index contributed by atoms with van der Waals surface area (Å²) in [6, 6.07) is 4.47. The average Bonchev–Trinajstić information content (AvgIpc) is 3.25. The first-order valence-electron chi connectivity index (χ1n) is 22.9. The Bertz CT molecular complexity index is 2060. The number of aromatic nitrogens is 3. The van der Waals surface area contributed by atoms with Gasteiger partial charge in [-0.15, -0.1) is 0 Å². The summed E-state index contributed by atoms with van der Waals surface area (Å²) in [6.07, 6.45) is 4.81. The van der Waals surface area contributed by atoms with Crippen LogP contribution in [0.15, 0.2) is 32.6 Å². The number of unbranched alkanes of at least 4 members (excludes halogenated alkanes) is 3. The van der Waals surface area contributed by atoms with Gasteiger partial charge in [0.2, 0.25) is 39.9 Å². The third kappa shape index (κ3) is 16.0. The SMILES string of the molecule is CCCCOc1c(CNC(=O)CCC(CCC(=O)NCc2c(OCCCC)c(=O)cc(C)n2C)(CCC(=O)NCc2c(OCCCC)c(=O)cc(C)n2C)NC(C)=O)n(C)c(C)cc1=O. The van der Waals surface area contributed by atoms with Gasteiger partial charge in [-0.2, -0.15) is 0 Å². The molecule has 65 heavy (non-hydrogen) atoms. The van der Waals surface area contributed by atoms with Crippen molar-refractivity contribution in [3.8, 4) is 17.2 Å². The third-order valence-electron chi connectivity index (χ3n) is 11.8. The molecule has 0 aliphatic rings. The maximum absolute atomic E-state index is 13.6. The number of aryl methyl sites for hydroxylation is 3. The van der Waals surface area contributed by atoms with E-state index in [9.17, 15) is 33.6 Å². The molecule has 4 amide bonds. The van der Waals surface area contributed by atoms with Crippen LogP contribution >= 0.6 is 0 Å². The Morgan fingerprint density at radius 1 is 0.523 bits per heavy atom. The summed E-state index contributed by atoms with van der Waals surface area (Å²) >= 11 is 0. The van der Waals surface area contributed by atoms with Crippen molar-refractivity contribution in [3.63, 3.8) is 0 Å². The Hall–Kier alpha value is -5.87. The highest BCUT2D eigenvalue weighted by Gasteiger charge is 2.33. The first kappa shape index (κ1) is 53.5. The fraction of sp³-hybridized carbons (Fsp3) is 0.604. The number of carbonyl (C=O) groups is 4. The minimum Gasteiger partial charge on any atom is -0.488 e. The largest absolute Gasteiger partial charge is 0.488 e. The van der Waals surface area contributed by atoms with E-state index in [1.54, 1.807) is 55.6 Å². The molecule has 0 aromatic carbocycles. The summed E-state index contributed by atoms with van der Waals surface area (Å²) in [5, 5.41) is 11.7. The minimum atomic E-state index is -1.20. The van der Waals surface area contributed by atoms with E-state index >= 15 is 0 Å². The van der Waals surface area contributed by atoms with Gasteiger partial charge in [-0.3, -0.25) is 33.6 Å². The van der Waals surface area contributed by atoms with Crippen molar-refractivity contribution >= 4 is 23.6 Å². The lowest BCUT2D eigenvalue weighted by Crippen LogP contribution is -2.49. The first-order chi connectivity index (χ1) is 30.9. The fourth-order valence-electron chi connectivity index (χ4n) is 7.40. The van der Waals surface area contributed by atoms with Crippen molar-refractivity contribution in [1.29, 1.82) is 0 Å². The number of amides is 4. The van der Waals surface area contributed by atoms with E-state index in [0.717, 1.165) is 38.5 Å². The quantitative estimate of drug-likeness (QED) is 0.0738. The molecule has 0 radical (unpaired) electrons. The van der Waals surface area contributed by atoms with Crippen LogP contribution in [-0.2, 0) is 60.0 Å². The number of nitrogens with one attached hydrogen (secondary N) is 4. The van der Waals surface area contributed by atoms with Crippen LogP contribution in [0, 0.1) is 20.8 Å². The summed E-state index contributed by atoms with van der Waals surface area (Å²) in [4.78, 5) is 92.7. The van der Waals surface area contributed by atoms with Crippen molar-refractivity contribution < 1.29 is 33.4 Å². The van der Waals surface area contributed by atoms with Crippen LogP contribution in [-0.4, -0.2) is 62.7 Å². The molecule has 360 valence electrons. The zero-order chi connectivity index (χ0) is 48.3. The zero-order valence-corrected chi connectivity index (χ0v) is 40.4. The predicted molar refractivity (Wildman–Crippen MR) is 250 cm³/mol. The van der Waals surface area contributed by atoms with Gasteiger partial charge in [-0.25, -0.2) is 0 Å². The molecule has 0 aliphatic carbocycles. The van der Waals surface area contributed by atoms with Gasteiger partial charge in [0.25, 0.3) is 0 Å². The Balaban J connectivity index is 1.88. The molecule has 3 heterocycles. The van der Waals surface area contributed by atoms with Crippen LogP contribution in [0.2, 0.25) is 0 Å². The fourth-order valence-corrected chi connectivity index (χ4v) is 7.40. The van der Waals surface area contributed by atoms with E-state index in [1.165, 1.54) is 25.1 Å². The van der Waals surface area contributed by atoms with Gasteiger partial charge in [-0.05, 0) is 59.3 Å². The monoisotopic (exact) mass is 908 g/mol. The van der Waals surface area contributed by atoms with Crippen LogP contribution in [0.25, 0.3) is 0 Å². The number of rotatable bonds is 28. The van der Waals surface area contributed by atoms with Gasteiger partial charge >= 0.3 is 0 Å². The summed E-state index contributed by atoms with van der Waals surface area (Å²) in [5.41, 5.74) is 1.57. The summed E-state index contributed by atoms with van der Waals surface area (Å²) in [5.74, 6) is -1.04. The van der Waals surface area contributed by atoms with Crippen LogP contribution in [0.5, 0.6) is 17.2 Å². The summed E-state index contributed by atoms with van der Waals surface area (Å²) < 4.78 is 23.0. The van der Waals surface area contributed by atoms with E-state index in [-0.39, 0.29) is 109 Å². The van der Waals surface area contributed by atoms with E-state index < -0.39 is 11.4 Å². The second-order valence-electron chi connectivity index (χ2n) is 16.9. The molecule has 0 spiro atoms. The molecule has 0 bridgehead atoms. The molecule has 0 saturated carbocycles. The number of hydrogen-bond acceptors (Lipinski definition) is 10. The highest BCUT2D eigenvalue weighted by molar-refractivity contribution is 5.79. The Morgan fingerprint density at radius 3 is 1.05 bits per heavy atom. The Morgan fingerprint density at radius 2 is 0.800 bits per heavy atom. The molecule has 17 heteroatoms. The van der Waals surface area contributed by atoms with Gasteiger partial charge in [0.1, 0.15) is 0 Å². The molecule has 0 fully saturated rings. The van der Waals surface area contributed by atoms with Crippen molar-refractivity contribution in [1.82, 2.24) is 35.0 Å². The van der Waals surface area contributed by atoms with Crippen LogP contribution in [0.1, 0.15) is 139 Å². The van der Waals surface area contributed by atoms with E-state index in [2.05, 4.69) is 21.3 Å². The van der Waals surface area contributed by atoms with Crippen molar-refractivity contribution in [2.75, 3.05) is 19.8 Å². The lowest BCUT2D eigenvalue weighted by Gasteiger charge is -2.35. The summed E-state index contributed by atoms with van der Waals surface area (Å²) in [7, 11) is 5.37. The smallest absolute Gasteiger partial charge is 0.224 e. The van der Waals surface area contributed by atoms with Gasteiger partial charge in [0, 0.05) is 88.1 Å². The normalized spacial score (nSPS) is 11.2. The van der Waals surface area contributed by atoms with E-state index in [0.29, 0.717) is 54.0 Å². The standard InChI is InChI=1S/C48H73N7O10/c1-11-14-23-63-45-36(53(8)32(4)26-39(45)57)29-49-42(60)17-20-48(52-35(7)56,21-18-43(61)50-30-37-46(64-24-15-12-2)40(58)27-33(5)54(37)9)22-19-44(62)51-31-38-47(65-25-16-13-3)41(59)28-34(6)55(38)10/h26-28H,11-25,29-31H2,1-10H3,(H,49,60)(H,50,61)(H,51,62)(H,52,56). The minimum absolute atomic E-state index is 0.00286. The molecular formula is C48H73N7O10. The van der Waals surface area contributed by atoms with Crippen LogP contribution in [0.3, 0.4) is 0 Å². The van der Waals surface area contributed by atoms with Crippen molar-refractivity contribution in [3.05, 3.63) is 83.0 Å². The number of pyridine rings is 3. The predicted octanol–water partition coefficient (Wildman–Crippen LogP) is 4.71. The molecule has 4 N–H and O–H groups in total. The molecule has 0 saturated heterocycles. The summed E-state index contributed by atoms with van der Waals surface area (Å²) in [6.45, 7) is 13.8. The maximum atomic E-state index is 13.6. The number of nitrogens with zero attached hydrogens (tertiary/aromatic N) is 3. The number of hydrogen-bond donors (Lipinski definition) is 4. The van der Waals surface area contributed by atoms with Gasteiger partial charge in [-0.1, -0.05) is 40.0 Å². The second kappa shape index (κ2) is 26.2. The van der Waals surface area contributed by atoms with Gasteiger partial charge < -0.3 is 49.2 Å². The molecule has 0 aliphatic heterocycles. The lowest BCUT2D eigenvalue weighted by molar-refractivity contribution is -0.126. The second-order valence-corrected chi connectivity index (χ2v) is 16.9. The molecule has 17 nitrogen and oxygen atoms in total. The van der Waals surface area contributed by atoms with Crippen molar-refractivity contribution in [2.45, 2.75) is 151 Å². The average molecular weight is 908 g/mol. The van der Waals surface area contributed by atoms with Crippen molar-refractivity contribution in [2.24, 2.45) is 21.1 Å². The number of carbonyl (C=O) groups excluding carboxylic acids is 4. The van der Waals surface area contributed by atoms with Crippen LogP contribution in [0.4, 0.5) is 0 Å². The van der Waals surface area contributed by atoms with E-state index in [4.69, 9.17) is 14.2 Å². The highest BCUT2D eigenvalue weighted by atomic mass is 16.5. The maximum Gasteiger partial charge on any atom is 0.224 e. The lowest BCUT2D eigenvalue weighted by atomic mass is 9.83. The highest BCUT2D eigenvalue weighted by Crippen LogP contribution is 2.27. The van der Waals surface area contributed by atoms with Gasteiger partial charge in [0.05, 0.1) is 56.5 Å². The van der Waals surface area contributed by atoms with Crippen LogP contribution < -0.4 is 51.8 Å². The Kier molecular flexibility index (Phi) is 21.5. The number of ether oxygens (including phenoxy) is 3. The Labute approximate surface area is 383 Å². The zero-order valence-electron chi connectivity index (χ0n) is 40.4. The molecule has 3 aromatic heterocycles. The molecule has 3 rings (SSSR count). The topological polar surface area (TPSA) is 210 Å². The molecule has 0 unspecified atom stereocenters. The molecule has 3 aromatic rings. The van der Waals surface area contributed by atoms with Gasteiger partial charge in [0.15, 0.2) is 17.2 Å². The molecular weight excluding hydrogens is 835 g/mol. The first-order valence-corrected chi connectivity index (χ1v) is 22.9.